The van der Waals surface area contributed by atoms with Gasteiger partial charge in [0.25, 0.3) is 0 Å². The van der Waals surface area contributed by atoms with Gasteiger partial charge >= 0.3 is 0 Å². The Morgan fingerprint density at radius 3 is 2.81 bits per heavy atom. The first-order chi connectivity index (χ1) is 10.2. The Morgan fingerprint density at radius 1 is 1.29 bits per heavy atom. The van der Waals surface area contributed by atoms with E-state index in [0.29, 0.717) is 16.4 Å². The molecule has 1 atom stereocenters. The predicted molar refractivity (Wildman–Crippen MR) is 85.2 cm³/mol. The predicted octanol–water partition coefficient (Wildman–Crippen LogP) is 4.09. The van der Waals surface area contributed by atoms with Gasteiger partial charge in [-0.2, -0.15) is 0 Å². The second kappa shape index (κ2) is 5.21. The van der Waals surface area contributed by atoms with E-state index >= 15 is 0 Å². The van der Waals surface area contributed by atoms with Crippen molar-refractivity contribution in [1.29, 1.82) is 0 Å². The molecule has 2 aromatic rings. The van der Waals surface area contributed by atoms with E-state index in [1.165, 1.54) is 12.8 Å². The molecule has 2 fully saturated rings. The summed E-state index contributed by atoms with van der Waals surface area (Å²) in [5.74, 6) is 0.946. The summed E-state index contributed by atoms with van der Waals surface area (Å²) in [6.07, 6.45) is 3.73. The second-order valence-corrected chi connectivity index (χ2v) is 7.08. The van der Waals surface area contributed by atoms with E-state index in [4.69, 9.17) is 11.6 Å². The number of imidazole rings is 1. The minimum absolute atomic E-state index is 0.248. The minimum atomic E-state index is -0.248. The first-order valence-corrected chi connectivity index (χ1v) is 8.66. The van der Waals surface area contributed by atoms with Crippen molar-refractivity contribution in [2.75, 3.05) is 13.1 Å². The first-order valence-electron chi connectivity index (χ1n) is 7.33. The van der Waals surface area contributed by atoms with Crippen LogP contribution in [0.5, 0.6) is 0 Å². The standard InChI is InChI=1S/C15H16BrClFN3/c16-11-5-13-14(6-12(11)18)21(15(7-17)19-13)10-3-4-20(8-10)9-1-2-9/h5-6,9-10H,1-4,7-8H2. The maximum absolute atomic E-state index is 13.9. The molecule has 1 aliphatic heterocycles. The average molecular weight is 373 g/mol. The van der Waals surface area contributed by atoms with Crippen LogP contribution in [-0.2, 0) is 5.88 Å². The van der Waals surface area contributed by atoms with Crippen molar-refractivity contribution >= 4 is 38.6 Å². The van der Waals surface area contributed by atoms with Crippen molar-refractivity contribution in [3.05, 3.63) is 28.2 Å². The van der Waals surface area contributed by atoms with Crippen LogP contribution in [0.25, 0.3) is 11.0 Å². The van der Waals surface area contributed by atoms with Crippen LogP contribution in [0.15, 0.2) is 16.6 Å². The SMILES string of the molecule is Fc1cc2c(cc1Br)nc(CCl)n2C1CCN(C2CC2)C1. The highest BCUT2D eigenvalue weighted by Crippen LogP contribution is 2.36. The molecule has 0 bridgehead atoms. The van der Waals surface area contributed by atoms with E-state index in [1.807, 2.05) is 0 Å². The molecular formula is C15H16BrClFN3. The van der Waals surface area contributed by atoms with Crippen LogP contribution in [-0.4, -0.2) is 33.6 Å². The third-order valence-electron chi connectivity index (χ3n) is 4.55. The lowest BCUT2D eigenvalue weighted by Gasteiger charge is -2.18. The Morgan fingerprint density at radius 2 is 2.10 bits per heavy atom. The highest BCUT2D eigenvalue weighted by atomic mass is 79.9. The maximum Gasteiger partial charge on any atom is 0.139 e. The van der Waals surface area contributed by atoms with Crippen molar-refractivity contribution in [2.24, 2.45) is 0 Å². The maximum atomic E-state index is 13.9. The molecule has 0 spiro atoms. The fourth-order valence-electron chi connectivity index (χ4n) is 3.39. The van der Waals surface area contributed by atoms with Gasteiger partial charge < -0.3 is 4.57 Å². The quantitative estimate of drug-likeness (QED) is 0.757. The molecule has 0 radical (unpaired) electrons. The zero-order valence-electron chi connectivity index (χ0n) is 11.5. The van der Waals surface area contributed by atoms with Gasteiger partial charge in [-0.25, -0.2) is 9.37 Å². The Hall–Kier alpha value is -0.650. The Labute approximate surface area is 136 Å². The van der Waals surface area contributed by atoms with E-state index in [0.717, 1.165) is 42.4 Å². The molecule has 2 aliphatic rings. The molecule has 1 saturated carbocycles. The molecule has 0 N–H and O–H groups in total. The number of hydrogen-bond donors (Lipinski definition) is 0. The Bertz CT molecular complexity index is 698. The summed E-state index contributed by atoms with van der Waals surface area (Å²) in [6.45, 7) is 2.15. The van der Waals surface area contributed by atoms with Crippen LogP contribution >= 0.6 is 27.5 Å². The van der Waals surface area contributed by atoms with Crippen LogP contribution in [0.2, 0.25) is 0 Å². The number of benzene rings is 1. The fraction of sp³-hybridized carbons (Fsp3) is 0.533. The van der Waals surface area contributed by atoms with Gasteiger partial charge in [-0.1, -0.05) is 0 Å². The second-order valence-electron chi connectivity index (χ2n) is 5.96. The zero-order chi connectivity index (χ0) is 14.6. The van der Waals surface area contributed by atoms with Crippen LogP contribution in [0.1, 0.15) is 31.1 Å². The van der Waals surface area contributed by atoms with Crippen molar-refractivity contribution < 1.29 is 4.39 Å². The van der Waals surface area contributed by atoms with Gasteiger partial charge in [0.2, 0.25) is 0 Å². The summed E-state index contributed by atoms with van der Waals surface area (Å²) in [4.78, 5) is 7.12. The summed E-state index contributed by atoms with van der Waals surface area (Å²) in [5, 5.41) is 0. The molecule has 4 rings (SSSR count). The molecule has 1 aliphatic carbocycles. The lowest BCUT2D eigenvalue weighted by atomic mass is 10.2. The molecule has 1 aromatic carbocycles. The topological polar surface area (TPSA) is 21.1 Å². The lowest BCUT2D eigenvalue weighted by Crippen LogP contribution is -2.24. The molecule has 0 amide bonds. The third kappa shape index (κ3) is 2.39. The third-order valence-corrected chi connectivity index (χ3v) is 5.39. The zero-order valence-corrected chi connectivity index (χ0v) is 13.9. The molecule has 21 heavy (non-hydrogen) atoms. The number of alkyl halides is 1. The van der Waals surface area contributed by atoms with Crippen molar-refractivity contribution in [1.82, 2.24) is 14.5 Å². The molecule has 1 aromatic heterocycles. The summed E-state index contributed by atoms with van der Waals surface area (Å²) < 4.78 is 16.5. The highest BCUT2D eigenvalue weighted by molar-refractivity contribution is 9.10. The summed E-state index contributed by atoms with van der Waals surface area (Å²) in [5.41, 5.74) is 1.66. The fourth-order valence-corrected chi connectivity index (χ4v) is 3.91. The average Bonchev–Trinajstić information content (AvgIpc) is 3.10. The minimum Gasteiger partial charge on any atom is -0.322 e. The highest BCUT2D eigenvalue weighted by Gasteiger charge is 2.36. The van der Waals surface area contributed by atoms with Crippen molar-refractivity contribution in [2.45, 2.75) is 37.2 Å². The normalized spacial score (nSPS) is 23.3. The molecule has 3 nitrogen and oxygen atoms in total. The van der Waals surface area contributed by atoms with Crippen LogP contribution in [0.4, 0.5) is 4.39 Å². The molecule has 6 heteroatoms. The van der Waals surface area contributed by atoms with E-state index in [-0.39, 0.29) is 5.82 Å². The summed E-state index contributed by atoms with van der Waals surface area (Å²) >= 11 is 9.30. The Balaban J connectivity index is 1.77. The van der Waals surface area contributed by atoms with Crippen LogP contribution in [0, 0.1) is 5.82 Å². The lowest BCUT2D eigenvalue weighted by molar-refractivity contribution is 0.314. The number of fused-ring (bicyclic) bond motifs is 1. The number of halogens is 3. The van der Waals surface area contributed by atoms with E-state index in [9.17, 15) is 4.39 Å². The van der Waals surface area contributed by atoms with Gasteiger partial charge in [0.15, 0.2) is 0 Å². The smallest absolute Gasteiger partial charge is 0.139 e. The largest absolute Gasteiger partial charge is 0.322 e. The molecule has 1 unspecified atom stereocenters. The van der Waals surface area contributed by atoms with Crippen molar-refractivity contribution in [3.63, 3.8) is 0 Å². The van der Waals surface area contributed by atoms with Gasteiger partial charge in [-0.3, -0.25) is 4.90 Å². The molecule has 112 valence electrons. The van der Waals surface area contributed by atoms with Gasteiger partial charge in [0.1, 0.15) is 11.6 Å². The Kier molecular flexibility index (Phi) is 3.47. The summed E-state index contributed by atoms with van der Waals surface area (Å²) in [7, 11) is 0. The van der Waals surface area contributed by atoms with Gasteiger partial charge in [0.05, 0.1) is 21.4 Å². The van der Waals surface area contributed by atoms with Gasteiger partial charge in [-0.05, 0) is 41.3 Å². The van der Waals surface area contributed by atoms with E-state index < -0.39 is 0 Å². The number of hydrogen-bond acceptors (Lipinski definition) is 2. The van der Waals surface area contributed by atoms with Crippen LogP contribution < -0.4 is 0 Å². The molecule has 1 saturated heterocycles. The monoisotopic (exact) mass is 371 g/mol. The van der Waals surface area contributed by atoms with Crippen molar-refractivity contribution in [3.8, 4) is 0 Å². The van der Waals surface area contributed by atoms with E-state index in [2.05, 4.69) is 30.4 Å². The number of nitrogens with zero attached hydrogens (tertiary/aromatic N) is 3. The summed E-state index contributed by atoms with van der Waals surface area (Å²) in [6, 6.07) is 4.44. The van der Waals surface area contributed by atoms with Crippen LogP contribution in [0.3, 0.4) is 0 Å². The number of aromatic nitrogens is 2. The number of likely N-dealkylation sites (tertiary alicyclic amines) is 1. The first kappa shape index (κ1) is 14.0. The molecular weight excluding hydrogens is 357 g/mol. The van der Waals surface area contributed by atoms with E-state index in [1.54, 1.807) is 12.1 Å². The number of rotatable bonds is 3. The molecule has 2 heterocycles. The van der Waals surface area contributed by atoms with Gasteiger partial charge in [0, 0.05) is 31.2 Å². The van der Waals surface area contributed by atoms with Gasteiger partial charge in [-0.15, -0.1) is 11.6 Å².